The summed E-state index contributed by atoms with van der Waals surface area (Å²) in [7, 11) is 0. The zero-order valence-corrected chi connectivity index (χ0v) is 17.7. The number of rotatable bonds is 8. The van der Waals surface area contributed by atoms with Gasteiger partial charge in [-0.15, -0.1) is 0 Å². The molecule has 0 aliphatic rings. The average molecular weight is 445 g/mol. The Morgan fingerprint density at radius 3 is 1.76 bits per heavy atom. The van der Waals surface area contributed by atoms with Crippen molar-refractivity contribution in [3.63, 3.8) is 0 Å². The summed E-state index contributed by atoms with van der Waals surface area (Å²) in [5, 5.41) is 2.66. The van der Waals surface area contributed by atoms with Crippen LogP contribution in [-0.4, -0.2) is 36.3 Å². The third-order valence-corrected chi connectivity index (χ3v) is 4.61. The van der Waals surface area contributed by atoms with E-state index in [4.69, 9.17) is 4.74 Å². The van der Waals surface area contributed by atoms with Crippen molar-refractivity contribution in [3.05, 3.63) is 108 Å². The molecule has 0 aromatic heterocycles. The number of nitrogens with one attached hydrogen (secondary N) is 3. The number of carbonyl (C=O) groups is 4. The predicted octanol–water partition coefficient (Wildman–Crippen LogP) is 2.03. The molecule has 3 N–H and O–H groups in total. The Labute approximate surface area is 190 Å². The molecule has 3 aromatic rings. The number of carbonyl (C=O) groups excluding carboxylic acids is 4. The minimum Gasteiger partial charge on any atom is -0.454 e. The van der Waals surface area contributed by atoms with Crippen LogP contribution >= 0.6 is 0 Å². The highest BCUT2D eigenvalue weighted by molar-refractivity contribution is 5.97. The van der Waals surface area contributed by atoms with Gasteiger partial charge in [-0.05, 0) is 29.8 Å². The van der Waals surface area contributed by atoms with E-state index in [2.05, 4.69) is 16.2 Å². The number of hydrogen-bond acceptors (Lipinski definition) is 5. The molecule has 0 aliphatic carbocycles. The van der Waals surface area contributed by atoms with Gasteiger partial charge in [0.05, 0.1) is 0 Å². The summed E-state index contributed by atoms with van der Waals surface area (Å²) >= 11 is 0. The van der Waals surface area contributed by atoms with Crippen LogP contribution in [-0.2, 0) is 20.7 Å². The van der Waals surface area contributed by atoms with Gasteiger partial charge >= 0.3 is 5.97 Å². The van der Waals surface area contributed by atoms with Crippen LogP contribution in [0.4, 0.5) is 0 Å². The first kappa shape index (κ1) is 23.2. The van der Waals surface area contributed by atoms with Crippen LogP contribution in [0.15, 0.2) is 91.0 Å². The Balaban J connectivity index is 1.56. The van der Waals surface area contributed by atoms with E-state index >= 15 is 0 Å². The molecule has 0 bridgehead atoms. The molecule has 0 spiro atoms. The van der Waals surface area contributed by atoms with Crippen molar-refractivity contribution < 1.29 is 23.9 Å². The summed E-state index contributed by atoms with van der Waals surface area (Å²) in [5.41, 5.74) is 6.00. The van der Waals surface area contributed by atoms with Crippen molar-refractivity contribution in [3.8, 4) is 0 Å². The lowest BCUT2D eigenvalue weighted by atomic mass is 10.1. The zero-order chi connectivity index (χ0) is 23.5. The van der Waals surface area contributed by atoms with Crippen LogP contribution in [0.25, 0.3) is 0 Å². The highest BCUT2D eigenvalue weighted by Gasteiger charge is 2.24. The molecule has 3 amide bonds. The van der Waals surface area contributed by atoms with E-state index in [-0.39, 0.29) is 6.42 Å². The van der Waals surface area contributed by atoms with Crippen molar-refractivity contribution in [2.75, 3.05) is 6.61 Å². The molecule has 168 valence electrons. The van der Waals surface area contributed by atoms with Crippen LogP contribution in [0.1, 0.15) is 26.3 Å². The smallest absolute Gasteiger partial charge is 0.329 e. The highest BCUT2D eigenvalue weighted by atomic mass is 16.5. The maximum Gasteiger partial charge on any atom is 0.329 e. The van der Waals surface area contributed by atoms with E-state index in [0.29, 0.717) is 11.1 Å². The lowest BCUT2D eigenvalue weighted by Gasteiger charge is -2.18. The molecule has 0 radical (unpaired) electrons. The van der Waals surface area contributed by atoms with Crippen molar-refractivity contribution in [2.24, 2.45) is 0 Å². The standard InChI is InChI=1S/C25H23N3O5/c29-22(27-28-24(31)20-14-8-3-9-15-20)17-33-25(32)21(16-18-10-4-1-5-11-18)26-23(30)19-12-6-2-7-13-19/h1-15,21H,16-17H2,(H,26,30)(H,27,29)(H,28,31). The maximum absolute atomic E-state index is 12.7. The fraction of sp³-hybridized carbons (Fsp3) is 0.120. The molecule has 8 nitrogen and oxygen atoms in total. The maximum atomic E-state index is 12.7. The van der Waals surface area contributed by atoms with E-state index in [9.17, 15) is 19.2 Å². The third kappa shape index (κ3) is 7.32. The molecule has 3 aromatic carbocycles. The third-order valence-electron chi connectivity index (χ3n) is 4.61. The summed E-state index contributed by atoms with van der Waals surface area (Å²) in [5.74, 6) is -2.44. The number of ether oxygens (including phenoxy) is 1. The van der Waals surface area contributed by atoms with Crippen molar-refractivity contribution in [2.45, 2.75) is 12.5 Å². The first-order valence-electron chi connectivity index (χ1n) is 10.2. The molecule has 0 heterocycles. The molecule has 1 atom stereocenters. The second-order valence-corrected chi connectivity index (χ2v) is 7.06. The number of hydrazine groups is 1. The molecule has 1 unspecified atom stereocenters. The highest BCUT2D eigenvalue weighted by Crippen LogP contribution is 2.07. The zero-order valence-electron chi connectivity index (χ0n) is 17.7. The Morgan fingerprint density at radius 1 is 0.667 bits per heavy atom. The second kappa shape index (κ2) is 11.8. The number of esters is 1. The minimum atomic E-state index is -1.01. The summed E-state index contributed by atoms with van der Waals surface area (Å²) < 4.78 is 5.10. The molecule has 0 aliphatic heterocycles. The molecule has 0 saturated heterocycles. The Kier molecular flexibility index (Phi) is 8.30. The average Bonchev–Trinajstić information content (AvgIpc) is 2.87. The van der Waals surface area contributed by atoms with Crippen molar-refractivity contribution >= 4 is 23.7 Å². The monoisotopic (exact) mass is 445 g/mol. The normalized spacial score (nSPS) is 11.0. The molecular formula is C25H23N3O5. The van der Waals surface area contributed by atoms with Gasteiger partial charge in [0.1, 0.15) is 6.04 Å². The van der Waals surface area contributed by atoms with Crippen LogP contribution in [0.3, 0.4) is 0 Å². The van der Waals surface area contributed by atoms with E-state index in [1.807, 2.05) is 30.3 Å². The predicted molar refractivity (Wildman–Crippen MR) is 121 cm³/mol. The minimum absolute atomic E-state index is 0.185. The lowest BCUT2D eigenvalue weighted by Crippen LogP contribution is -2.46. The van der Waals surface area contributed by atoms with Crippen LogP contribution in [0, 0.1) is 0 Å². The van der Waals surface area contributed by atoms with Gasteiger partial charge in [-0.1, -0.05) is 66.7 Å². The van der Waals surface area contributed by atoms with Gasteiger partial charge in [0, 0.05) is 17.5 Å². The van der Waals surface area contributed by atoms with Gasteiger partial charge in [-0.3, -0.25) is 25.2 Å². The van der Waals surface area contributed by atoms with Gasteiger partial charge in [0.15, 0.2) is 6.61 Å². The fourth-order valence-electron chi connectivity index (χ4n) is 2.94. The Bertz CT molecular complexity index is 1090. The first-order chi connectivity index (χ1) is 16.0. The van der Waals surface area contributed by atoms with Crippen LogP contribution < -0.4 is 16.2 Å². The number of hydrogen-bond donors (Lipinski definition) is 3. The molecule has 0 saturated carbocycles. The summed E-state index contributed by atoms with van der Waals surface area (Å²) in [4.78, 5) is 49.2. The van der Waals surface area contributed by atoms with Gasteiger partial charge in [0.2, 0.25) is 0 Å². The second-order valence-electron chi connectivity index (χ2n) is 7.06. The van der Waals surface area contributed by atoms with Crippen LogP contribution in [0.2, 0.25) is 0 Å². The van der Waals surface area contributed by atoms with Gasteiger partial charge < -0.3 is 10.1 Å². The fourth-order valence-corrected chi connectivity index (χ4v) is 2.94. The summed E-state index contributed by atoms with van der Waals surface area (Å²) in [6.45, 7) is -0.625. The Hall–Kier alpha value is -4.46. The first-order valence-corrected chi connectivity index (χ1v) is 10.2. The molecule has 0 fully saturated rings. The largest absolute Gasteiger partial charge is 0.454 e. The topological polar surface area (TPSA) is 114 Å². The summed E-state index contributed by atoms with van der Waals surface area (Å²) in [6, 6.07) is 24.9. The van der Waals surface area contributed by atoms with E-state index in [1.165, 1.54) is 0 Å². The molecular weight excluding hydrogens is 422 g/mol. The van der Waals surface area contributed by atoms with E-state index < -0.39 is 36.3 Å². The molecule has 33 heavy (non-hydrogen) atoms. The summed E-state index contributed by atoms with van der Waals surface area (Å²) in [6.07, 6.45) is 0.185. The van der Waals surface area contributed by atoms with Crippen molar-refractivity contribution in [1.29, 1.82) is 0 Å². The van der Waals surface area contributed by atoms with Gasteiger partial charge in [0.25, 0.3) is 17.7 Å². The van der Waals surface area contributed by atoms with Gasteiger partial charge in [-0.2, -0.15) is 0 Å². The van der Waals surface area contributed by atoms with Gasteiger partial charge in [-0.25, -0.2) is 4.79 Å². The SMILES string of the molecule is O=C(COC(=O)C(Cc1ccccc1)NC(=O)c1ccccc1)NNC(=O)c1ccccc1. The lowest BCUT2D eigenvalue weighted by molar-refractivity contribution is -0.150. The van der Waals surface area contributed by atoms with E-state index in [0.717, 1.165) is 5.56 Å². The number of amides is 3. The quantitative estimate of drug-likeness (QED) is 0.363. The van der Waals surface area contributed by atoms with Crippen LogP contribution in [0.5, 0.6) is 0 Å². The Morgan fingerprint density at radius 2 is 1.18 bits per heavy atom. The van der Waals surface area contributed by atoms with Crippen molar-refractivity contribution in [1.82, 2.24) is 16.2 Å². The molecule has 3 rings (SSSR count). The van der Waals surface area contributed by atoms with E-state index in [1.54, 1.807) is 60.7 Å². The molecule has 8 heteroatoms. The number of benzene rings is 3.